The summed E-state index contributed by atoms with van der Waals surface area (Å²) in [6, 6.07) is 18.2. The van der Waals surface area contributed by atoms with Crippen LogP contribution in [0.3, 0.4) is 0 Å². The number of amides is 2. The number of nitrogens with one attached hydrogen (secondary N) is 2. The number of pyridine rings is 2. The molecule has 0 fully saturated rings. The molecule has 0 spiro atoms. The number of methoxy groups -OCH3 is 3. The number of halogens is 9. The number of aryl methyl sites for hydroxylation is 2. The quantitative estimate of drug-likeness (QED) is 0.0640. The lowest BCUT2D eigenvalue weighted by molar-refractivity contribution is -0.275. The number of rotatable bonds is 13. The second kappa shape index (κ2) is 22.0. The van der Waals surface area contributed by atoms with Gasteiger partial charge in [-0.15, -0.1) is 26.3 Å². The molecule has 0 radical (unpaired) electrons. The van der Waals surface area contributed by atoms with E-state index >= 15 is 0 Å². The summed E-state index contributed by atoms with van der Waals surface area (Å²) in [5.41, 5.74) is 2.21. The van der Waals surface area contributed by atoms with Gasteiger partial charge in [0.25, 0.3) is 11.8 Å². The molecule has 2 heterocycles. The highest BCUT2D eigenvalue weighted by Gasteiger charge is 2.32. The average molecular weight is 1040 g/mol. The molecule has 6 rings (SSSR count). The highest BCUT2D eigenvalue weighted by molar-refractivity contribution is 9.10. The van der Waals surface area contributed by atoms with Crippen LogP contribution in [0.5, 0.6) is 46.0 Å². The molecule has 2 amide bonds. The number of nitrogens with zero attached hydrogens (tertiary/aromatic N) is 2. The number of alkyl halides is 6. The van der Waals surface area contributed by atoms with Crippen molar-refractivity contribution in [2.75, 3.05) is 32.0 Å². The molecule has 23 heteroatoms. The monoisotopic (exact) mass is 1040 g/mol. The van der Waals surface area contributed by atoms with Gasteiger partial charge in [-0.25, -0.2) is 14.8 Å². The van der Waals surface area contributed by atoms with Gasteiger partial charge in [0.1, 0.15) is 33.3 Å². The minimum absolute atomic E-state index is 0.00556. The summed E-state index contributed by atoms with van der Waals surface area (Å²) in [5, 5.41) is 5.94. The van der Waals surface area contributed by atoms with E-state index in [1.54, 1.807) is 26.1 Å². The van der Waals surface area contributed by atoms with Crippen molar-refractivity contribution < 1.29 is 73.9 Å². The van der Waals surface area contributed by atoms with Gasteiger partial charge < -0.3 is 43.8 Å². The molecule has 0 atom stereocenters. The Balaban J connectivity index is 0.000000252. The predicted molar refractivity (Wildman–Crippen MR) is 235 cm³/mol. The van der Waals surface area contributed by atoms with Gasteiger partial charge in [-0.3, -0.25) is 9.59 Å². The van der Waals surface area contributed by atoms with Gasteiger partial charge in [-0.2, -0.15) is 0 Å². The van der Waals surface area contributed by atoms with Crippen LogP contribution in [-0.2, 0) is 4.74 Å². The molecule has 2 N–H and O–H groups in total. The van der Waals surface area contributed by atoms with Gasteiger partial charge in [0.2, 0.25) is 0 Å². The lowest BCUT2D eigenvalue weighted by Gasteiger charge is -2.16. The van der Waals surface area contributed by atoms with Crippen LogP contribution < -0.4 is 39.1 Å². The first-order valence-corrected chi connectivity index (χ1v) is 20.2. The maximum atomic E-state index is 13.1. The van der Waals surface area contributed by atoms with Crippen molar-refractivity contribution in [1.29, 1.82) is 0 Å². The lowest BCUT2D eigenvalue weighted by Crippen LogP contribution is -2.17. The number of benzene rings is 4. The van der Waals surface area contributed by atoms with Crippen molar-refractivity contribution in [3.05, 3.63) is 140 Å². The van der Waals surface area contributed by atoms with E-state index in [4.69, 9.17) is 42.1 Å². The number of ether oxygens (including phenoxy) is 7. The lowest BCUT2D eigenvalue weighted by atomic mass is 10.1. The van der Waals surface area contributed by atoms with Crippen molar-refractivity contribution in [3.8, 4) is 46.0 Å². The highest BCUT2D eigenvalue weighted by Crippen LogP contribution is 2.40. The Bertz CT molecular complexity index is 2800. The van der Waals surface area contributed by atoms with Gasteiger partial charge in [0.05, 0.1) is 32.5 Å². The van der Waals surface area contributed by atoms with Gasteiger partial charge in [0.15, 0.2) is 23.0 Å². The molecule has 0 aliphatic rings. The molecule has 0 saturated carbocycles. The standard InChI is InChI=1S/C23H18ClF3N2O6.C21H15BrClF3N2O4/c1-12-11-28-17(22(31)33-3)10-16(12)29-21(30)15-8-13(24)4-6-18(15)34-19-7-5-14(9-20(19)32-2)35-23(25,26)27;1-11-10-27-19(22)9-15(11)28-20(29)14-7-12(23)3-5-16(14)31-17-6-4-13(8-18(17)30-2)32-21(24,25)26/h4-11H,1-3H3,(H,28,29,30);3-10H,1-2H3,(H,27,28,29). The Morgan fingerprint density at radius 3 is 1.40 bits per heavy atom. The summed E-state index contributed by atoms with van der Waals surface area (Å²) < 4.78 is 110. The maximum Gasteiger partial charge on any atom is 0.573 e. The summed E-state index contributed by atoms with van der Waals surface area (Å²) in [6.45, 7) is 3.45. The average Bonchev–Trinajstić information content (AvgIpc) is 3.26. The fourth-order valence-corrected chi connectivity index (χ4v) is 6.20. The predicted octanol–water partition coefficient (Wildman–Crippen LogP) is 12.5. The molecule has 4 aromatic carbocycles. The molecule has 352 valence electrons. The summed E-state index contributed by atoms with van der Waals surface area (Å²) in [5.74, 6) is -2.68. The van der Waals surface area contributed by atoms with Crippen LogP contribution in [0.25, 0.3) is 0 Å². The third-order valence-electron chi connectivity index (χ3n) is 8.61. The van der Waals surface area contributed by atoms with Crippen molar-refractivity contribution in [3.63, 3.8) is 0 Å². The summed E-state index contributed by atoms with van der Waals surface area (Å²) in [6.07, 6.45) is -6.75. The van der Waals surface area contributed by atoms with E-state index in [9.17, 15) is 40.7 Å². The number of hydrogen-bond donors (Lipinski definition) is 2. The van der Waals surface area contributed by atoms with Crippen molar-refractivity contribution in [2.45, 2.75) is 26.6 Å². The first-order chi connectivity index (χ1) is 31.6. The molecule has 0 aliphatic heterocycles. The number of hydrogen-bond acceptors (Lipinski definition) is 12. The zero-order valence-corrected chi connectivity index (χ0v) is 38.2. The van der Waals surface area contributed by atoms with E-state index < -0.39 is 42.0 Å². The first kappa shape index (κ1) is 51.0. The fourth-order valence-electron chi connectivity index (χ4n) is 5.52. The van der Waals surface area contributed by atoms with E-state index in [1.807, 2.05) is 0 Å². The second-order valence-corrected chi connectivity index (χ2v) is 15.0. The Morgan fingerprint density at radius 1 is 0.567 bits per heavy atom. The molecule has 14 nitrogen and oxygen atoms in total. The molecule has 0 aliphatic carbocycles. The third-order valence-corrected chi connectivity index (χ3v) is 9.52. The highest BCUT2D eigenvalue weighted by atomic mass is 79.9. The molecule has 67 heavy (non-hydrogen) atoms. The minimum atomic E-state index is -4.88. The minimum Gasteiger partial charge on any atom is -0.493 e. The number of carbonyl (C=O) groups is 3. The molecule has 2 aromatic heterocycles. The van der Waals surface area contributed by atoms with Crippen LogP contribution in [0, 0.1) is 13.8 Å². The van der Waals surface area contributed by atoms with E-state index in [0.29, 0.717) is 21.5 Å². The molecular formula is C44H33BrCl2F6N4O10. The zero-order chi connectivity index (χ0) is 49.2. The van der Waals surface area contributed by atoms with Crippen LogP contribution in [-0.4, -0.2) is 61.8 Å². The fraction of sp³-hybridized carbons (Fsp3) is 0.159. The van der Waals surface area contributed by atoms with E-state index in [0.717, 1.165) is 29.8 Å². The maximum absolute atomic E-state index is 13.1. The number of anilines is 2. The Morgan fingerprint density at radius 2 is 0.985 bits per heavy atom. The molecular weight excluding hydrogens is 1010 g/mol. The molecule has 0 bridgehead atoms. The number of carbonyl (C=O) groups excluding carboxylic acids is 3. The van der Waals surface area contributed by atoms with Crippen LogP contribution in [0.4, 0.5) is 37.7 Å². The number of esters is 1. The van der Waals surface area contributed by atoms with Gasteiger partial charge >= 0.3 is 18.7 Å². The second-order valence-electron chi connectivity index (χ2n) is 13.3. The topological polar surface area (TPSA) is 166 Å². The largest absolute Gasteiger partial charge is 0.573 e. The number of aromatic nitrogens is 2. The van der Waals surface area contributed by atoms with Crippen LogP contribution >= 0.6 is 39.1 Å². The Kier molecular flexibility index (Phi) is 16.8. The molecule has 0 unspecified atom stereocenters. The first-order valence-electron chi connectivity index (χ1n) is 18.7. The van der Waals surface area contributed by atoms with Gasteiger partial charge in [-0.1, -0.05) is 23.2 Å². The summed E-state index contributed by atoms with van der Waals surface area (Å²) in [4.78, 5) is 45.8. The van der Waals surface area contributed by atoms with E-state index in [1.165, 1.54) is 82.1 Å². The van der Waals surface area contributed by atoms with Crippen molar-refractivity contribution in [1.82, 2.24) is 9.97 Å². The SMILES string of the molecule is COC(=O)c1cc(NC(=O)c2cc(Cl)ccc2Oc2ccc(OC(F)(F)F)cc2OC)c(C)cn1.COc1cc(OC(F)(F)F)ccc1Oc1ccc(Cl)cc1C(=O)Nc1cc(Br)ncc1C. The van der Waals surface area contributed by atoms with Crippen LogP contribution in [0.1, 0.15) is 42.3 Å². The van der Waals surface area contributed by atoms with Crippen LogP contribution in [0.2, 0.25) is 10.0 Å². The van der Waals surface area contributed by atoms with Gasteiger partial charge in [-0.05, 0) is 114 Å². The van der Waals surface area contributed by atoms with Crippen molar-refractivity contribution in [2.24, 2.45) is 0 Å². The van der Waals surface area contributed by atoms with E-state index in [-0.39, 0.29) is 61.4 Å². The molecule has 6 aromatic rings. The summed E-state index contributed by atoms with van der Waals surface area (Å²) in [7, 11) is 3.70. The van der Waals surface area contributed by atoms with Crippen LogP contribution in [0.15, 0.2) is 102 Å². The Labute approximate surface area is 395 Å². The normalized spacial score (nSPS) is 11.0. The van der Waals surface area contributed by atoms with Gasteiger partial charge in [0, 0.05) is 45.9 Å². The molecule has 0 saturated heterocycles. The van der Waals surface area contributed by atoms with E-state index in [2.05, 4.69) is 50.7 Å². The summed E-state index contributed by atoms with van der Waals surface area (Å²) >= 11 is 15.4. The Hall–Kier alpha value is -6.97. The third kappa shape index (κ3) is 14.5. The zero-order valence-electron chi connectivity index (χ0n) is 35.1. The smallest absolute Gasteiger partial charge is 0.493 e. The van der Waals surface area contributed by atoms with Crippen molar-refractivity contribution >= 4 is 68.3 Å².